The molecule has 4 aliphatic rings. The zero-order valence-electron chi connectivity index (χ0n) is 21.8. The van der Waals surface area contributed by atoms with Crippen LogP contribution in [0.3, 0.4) is 0 Å². The van der Waals surface area contributed by atoms with Gasteiger partial charge in [0.2, 0.25) is 0 Å². The van der Waals surface area contributed by atoms with E-state index in [4.69, 9.17) is 29.4 Å². The van der Waals surface area contributed by atoms with Crippen LogP contribution in [-0.2, 0) is 14.2 Å². The Labute approximate surface area is 221 Å². The van der Waals surface area contributed by atoms with Crippen molar-refractivity contribution >= 4 is 16.9 Å². The molecule has 4 fully saturated rings. The maximum Gasteiger partial charge on any atom is 0.177 e. The van der Waals surface area contributed by atoms with Crippen LogP contribution >= 0.6 is 0 Å². The molecule has 3 aromatic heterocycles. The molecule has 0 N–H and O–H groups in total. The molecule has 7 rings (SSSR count). The first-order valence-electron chi connectivity index (χ1n) is 13.9. The number of nitrogens with zero attached hydrogens (tertiary/aromatic N) is 8. The minimum Gasteiger partial charge on any atom is -0.379 e. The molecule has 0 aliphatic carbocycles. The standard InChI is InChI=1S/C27H34N8O3/c1-18(32-9-12-36-13-10-32)21-14-24(34-19-5-6-20(34)17-37-16-19)29-27-26(21)22(15-28)30-35(27)23-7-8-33(31-23)25-4-2-3-11-38-25/h7-8,14,18-20,25H,2-6,9-13,16-17H2,1H3. The molecule has 4 saturated heterocycles. The number of nitriles is 1. The van der Waals surface area contributed by atoms with Crippen LogP contribution in [-0.4, -0.2) is 87.7 Å². The first-order valence-corrected chi connectivity index (χ1v) is 13.9. The third-order valence-electron chi connectivity index (χ3n) is 8.57. The summed E-state index contributed by atoms with van der Waals surface area (Å²) in [6.07, 6.45) is 7.22. The van der Waals surface area contributed by atoms with E-state index in [2.05, 4.69) is 28.9 Å². The number of hydrogen-bond acceptors (Lipinski definition) is 9. The quantitative estimate of drug-likeness (QED) is 0.504. The second-order valence-corrected chi connectivity index (χ2v) is 10.8. The van der Waals surface area contributed by atoms with E-state index in [-0.39, 0.29) is 12.3 Å². The van der Waals surface area contributed by atoms with Gasteiger partial charge in [-0.1, -0.05) is 0 Å². The lowest BCUT2D eigenvalue weighted by Crippen LogP contribution is -2.46. The van der Waals surface area contributed by atoms with Gasteiger partial charge in [-0.3, -0.25) is 4.90 Å². The molecular formula is C27H34N8O3. The van der Waals surface area contributed by atoms with Crippen LogP contribution in [0.5, 0.6) is 0 Å². The lowest BCUT2D eigenvalue weighted by atomic mass is 10.0. The van der Waals surface area contributed by atoms with E-state index in [0.717, 1.165) is 81.8 Å². The molecule has 2 bridgehead atoms. The first-order chi connectivity index (χ1) is 18.7. The van der Waals surface area contributed by atoms with E-state index in [1.807, 2.05) is 16.9 Å². The van der Waals surface area contributed by atoms with Crippen LogP contribution in [0.1, 0.15) is 62.6 Å². The number of rotatable bonds is 5. The van der Waals surface area contributed by atoms with Crippen LogP contribution < -0.4 is 4.90 Å². The van der Waals surface area contributed by atoms with Crippen molar-refractivity contribution in [1.82, 2.24) is 29.4 Å². The number of ether oxygens (including phenoxy) is 3. The van der Waals surface area contributed by atoms with Crippen molar-refractivity contribution in [1.29, 1.82) is 5.26 Å². The zero-order chi connectivity index (χ0) is 25.6. The summed E-state index contributed by atoms with van der Waals surface area (Å²) < 4.78 is 21.0. The fourth-order valence-corrected chi connectivity index (χ4v) is 6.53. The van der Waals surface area contributed by atoms with Gasteiger partial charge in [-0.25, -0.2) is 9.67 Å². The predicted octanol–water partition coefficient (Wildman–Crippen LogP) is 2.95. The average Bonchev–Trinajstić information content (AvgIpc) is 3.67. The van der Waals surface area contributed by atoms with Crippen molar-refractivity contribution in [3.63, 3.8) is 0 Å². The van der Waals surface area contributed by atoms with E-state index >= 15 is 0 Å². The Morgan fingerprint density at radius 1 is 1.00 bits per heavy atom. The maximum absolute atomic E-state index is 10.2. The van der Waals surface area contributed by atoms with Gasteiger partial charge in [0.1, 0.15) is 18.1 Å². The highest BCUT2D eigenvalue weighted by Gasteiger charge is 2.39. The Balaban J connectivity index is 1.37. The second kappa shape index (κ2) is 9.93. The van der Waals surface area contributed by atoms with Crippen LogP contribution in [0.15, 0.2) is 18.3 Å². The Morgan fingerprint density at radius 3 is 2.55 bits per heavy atom. The molecule has 7 heterocycles. The smallest absolute Gasteiger partial charge is 0.177 e. The Morgan fingerprint density at radius 2 is 1.82 bits per heavy atom. The van der Waals surface area contributed by atoms with Crippen LogP contribution in [0, 0.1) is 11.3 Å². The molecule has 200 valence electrons. The van der Waals surface area contributed by atoms with Crippen LogP contribution in [0.2, 0.25) is 0 Å². The average molecular weight is 519 g/mol. The molecule has 0 amide bonds. The predicted molar refractivity (Wildman–Crippen MR) is 139 cm³/mol. The molecule has 4 atom stereocenters. The highest BCUT2D eigenvalue weighted by molar-refractivity contribution is 5.88. The summed E-state index contributed by atoms with van der Waals surface area (Å²) in [4.78, 5) is 10.1. The summed E-state index contributed by atoms with van der Waals surface area (Å²) in [6, 6.07) is 7.20. The summed E-state index contributed by atoms with van der Waals surface area (Å²) in [7, 11) is 0. The SMILES string of the molecule is CC(c1cc(N2C3CCC2COC3)nc2c1c(C#N)nn2-c1ccn(C2CCCCO2)n1)N1CCOCC1. The molecule has 0 aromatic carbocycles. The van der Waals surface area contributed by atoms with Crippen molar-refractivity contribution in [2.24, 2.45) is 0 Å². The third-order valence-corrected chi connectivity index (χ3v) is 8.57. The molecule has 11 nitrogen and oxygen atoms in total. The molecule has 38 heavy (non-hydrogen) atoms. The number of hydrogen-bond donors (Lipinski definition) is 0. The molecule has 0 saturated carbocycles. The Hall–Kier alpha value is -3.04. The van der Waals surface area contributed by atoms with Crippen molar-refractivity contribution in [2.75, 3.05) is 51.0 Å². The number of pyridine rings is 1. The van der Waals surface area contributed by atoms with Gasteiger partial charge < -0.3 is 19.1 Å². The second-order valence-electron chi connectivity index (χ2n) is 10.8. The number of anilines is 1. The monoisotopic (exact) mass is 518 g/mol. The lowest BCUT2D eigenvalue weighted by Gasteiger charge is -2.37. The maximum atomic E-state index is 10.2. The number of morpholine rings is 2. The van der Waals surface area contributed by atoms with Gasteiger partial charge in [0.15, 0.2) is 17.2 Å². The Bertz CT molecular complexity index is 1330. The first kappa shape index (κ1) is 24.0. The molecule has 0 radical (unpaired) electrons. The zero-order valence-corrected chi connectivity index (χ0v) is 21.8. The summed E-state index contributed by atoms with van der Waals surface area (Å²) in [6.45, 7) is 7.53. The summed E-state index contributed by atoms with van der Waals surface area (Å²) in [5, 5.41) is 20.6. The van der Waals surface area contributed by atoms with Gasteiger partial charge in [-0.05, 0) is 50.7 Å². The van der Waals surface area contributed by atoms with E-state index in [0.29, 0.717) is 42.5 Å². The topological polar surface area (TPSA) is 106 Å². The van der Waals surface area contributed by atoms with E-state index in [1.165, 1.54) is 0 Å². The Kier molecular flexibility index (Phi) is 6.28. The minimum absolute atomic E-state index is 0.0702. The third kappa shape index (κ3) is 4.07. The highest BCUT2D eigenvalue weighted by atomic mass is 16.5. The van der Waals surface area contributed by atoms with E-state index < -0.39 is 0 Å². The molecule has 4 aliphatic heterocycles. The fraction of sp³-hybridized carbons (Fsp3) is 0.630. The van der Waals surface area contributed by atoms with Crippen LogP contribution in [0.4, 0.5) is 5.82 Å². The van der Waals surface area contributed by atoms with Crippen LogP contribution in [0.25, 0.3) is 16.9 Å². The van der Waals surface area contributed by atoms with Crippen molar-refractivity contribution in [2.45, 2.75) is 63.4 Å². The van der Waals surface area contributed by atoms with E-state index in [9.17, 15) is 5.26 Å². The van der Waals surface area contributed by atoms with E-state index in [1.54, 1.807) is 4.68 Å². The van der Waals surface area contributed by atoms with Gasteiger partial charge >= 0.3 is 0 Å². The molecule has 4 unspecified atom stereocenters. The fourth-order valence-electron chi connectivity index (χ4n) is 6.53. The van der Waals surface area contributed by atoms with Crippen molar-refractivity contribution in [3.8, 4) is 11.9 Å². The number of aromatic nitrogens is 5. The van der Waals surface area contributed by atoms with Gasteiger partial charge in [0.25, 0.3) is 0 Å². The summed E-state index contributed by atoms with van der Waals surface area (Å²) in [5.41, 5.74) is 2.13. The van der Waals surface area contributed by atoms with Gasteiger partial charge in [0.05, 0.1) is 43.9 Å². The lowest BCUT2D eigenvalue weighted by molar-refractivity contribution is -0.0395. The highest BCUT2D eigenvalue weighted by Crippen LogP contribution is 2.38. The summed E-state index contributed by atoms with van der Waals surface area (Å²) >= 11 is 0. The van der Waals surface area contributed by atoms with Crippen molar-refractivity contribution < 1.29 is 14.2 Å². The molecular weight excluding hydrogens is 484 g/mol. The van der Waals surface area contributed by atoms with Crippen molar-refractivity contribution in [3.05, 3.63) is 29.6 Å². The van der Waals surface area contributed by atoms with Gasteiger partial charge in [-0.2, -0.15) is 20.1 Å². The number of fused-ring (bicyclic) bond motifs is 3. The molecule has 11 heteroatoms. The summed E-state index contributed by atoms with van der Waals surface area (Å²) in [5.74, 6) is 1.58. The van der Waals surface area contributed by atoms with Gasteiger partial charge in [-0.15, -0.1) is 0 Å². The largest absolute Gasteiger partial charge is 0.379 e. The van der Waals surface area contributed by atoms with Gasteiger partial charge in [0, 0.05) is 38.0 Å². The minimum atomic E-state index is -0.0702. The normalized spacial score (nSPS) is 27.1. The molecule has 0 spiro atoms. The molecule has 3 aromatic rings.